The SMILES string of the molecule is CNc1ncc(C(=O)N(C)CC2CCOCC2)cc1Cl. The van der Waals surface area contributed by atoms with Crippen molar-refractivity contribution in [2.45, 2.75) is 12.8 Å². The molecule has 1 fully saturated rings. The Kier molecular flexibility index (Phi) is 5.20. The maximum atomic E-state index is 12.3. The number of hydrogen-bond donors (Lipinski definition) is 1. The predicted octanol–water partition coefficient (Wildman–Crippen LogP) is 2.28. The minimum atomic E-state index is -0.0476. The predicted molar refractivity (Wildman–Crippen MR) is 79.3 cm³/mol. The van der Waals surface area contributed by atoms with Gasteiger partial charge >= 0.3 is 0 Å². The molecule has 1 saturated heterocycles. The number of nitrogens with zero attached hydrogens (tertiary/aromatic N) is 2. The van der Waals surface area contributed by atoms with Gasteiger partial charge in [0.2, 0.25) is 0 Å². The van der Waals surface area contributed by atoms with Gasteiger partial charge < -0.3 is 15.0 Å². The summed E-state index contributed by atoms with van der Waals surface area (Å²) in [6.45, 7) is 2.32. The average Bonchev–Trinajstić information content (AvgIpc) is 2.47. The fraction of sp³-hybridized carbons (Fsp3) is 0.571. The number of nitrogens with one attached hydrogen (secondary N) is 1. The van der Waals surface area contributed by atoms with Crippen molar-refractivity contribution in [3.8, 4) is 0 Å². The lowest BCUT2D eigenvalue weighted by atomic mass is 10.00. The van der Waals surface area contributed by atoms with E-state index in [1.807, 2.05) is 7.05 Å². The first-order valence-corrected chi connectivity index (χ1v) is 7.16. The van der Waals surface area contributed by atoms with Crippen LogP contribution in [0.4, 0.5) is 5.82 Å². The highest BCUT2D eigenvalue weighted by Crippen LogP contribution is 2.21. The van der Waals surface area contributed by atoms with Gasteiger partial charge in [-0.15, -0.1) is 0 Å². The standard InChI is InChI=1S/C14H20ClN3O2/c1-16-13-12(15)7-11(8-17-13)14(19)18(2)9-10-3-5-20-6-4-10/h7-8,10H,3-6,9H2,1-2H3,(H,16,17). The van der Waals surface area contributed by atoms with Crippen molar-refractivity contribution >= 4 is 23.3 Å². The number of aromatic nitrogens is 1. The van der Waals surface area contributed by atoms with Crippen LogP contribution in [-0.2, 0) is 4.74 Å². The van der Waals surface area contributed by atoms with E-state index in [1.165, 1.54) is 0 Å². The minimum absolute atomic E-state index is 0.0476. The molecule has 1 aliphatic heterocycles. The Labute approximate surface area is 124 Å². The number of ether oxygens (including phenoxy) is 1. The fourth-order valence-corrected chi connectivity index (χ4v) is 2.62. The van der Waals surface area contributed by atoms with E-state index in [9.17, 15) is 4.79 Å². The highest BCUT2D eigenvalue weighted by atomic mass is 35.5. The van der Waals surface area contributed by atoms with Crippen LogP contribution in [0.5, 0.6) is 0 Å². The van der Waals surface area contributed by atoms with Gasteiger partial charge in [0.25, 0.3) is 5.91 Å². The van der Waals surface area contributed by atoms with Crippen LogP contribution >= 0.6 is 11.6 Å². The summed E-state index contributed by atoms with van der Waals surface area (Å²) in [6, 6.07) is 1.66. The molecule has 2 rings (SSSR count). The summed E-state index contributed by atoms with van der Waals surface area (Å²) < 4.78 is 5.33. The third-order valence-corrected chi connectivity index (χ3v) is 3.83. The lowest BCUT2D eigenvalue weighted by Gasteiger charge is -2.27. The summed E-state index contributed by atoms with van der Waals surface area (Å²) in [6.07, 6.45) is 3.57. The first-order chi connectivity index (χ1) is 9.61. The zero-order valence-electron chi connectivity index (χ0n) is 11.9. The molecule has 0 aromatic carbocycles. The quantitative estimate of drug-likeness (QED) is 0.926. The number of hydrogen-bond acceptors (Lipinski definition) is 4. The van der Waals surface area contributed by atoms with Gasteiger partial charge in [0.1, 0.15) is 5.82 Å². The number of rotatable bonds is 4. The second-order valence-corrected chi connectivity index (χ2v) is 5.45. The van der Waals surface area contributed by atoms with E-state index in [0.717, 1.165) is 32.6 Å². The molecule has 1 aliphatic rings. The molecule has 6 heteroatoms. The molecule has 0 radical (unpaired) electrons. The van der Waals surface area contributed by atoms with Crippen LogP contribution in [0.15, 0.2) is 12.3 Å². The third-order valence-electron chi connectivity index (χ3n) is 3.54. The van der Waals surface area contributed by atoms with Crippen molar-refractivity contribution in [3.63, 3.8) is 0 Å². The molecule has 1 N–H and O–H groups in total. The molecular formula is C14H20ClN3O2. The molecule has 1 aromatic rings. The van der Waals surface area contributed by atoms with Crippen LogP contribution in [0.3, 0.4) is 0 Å². The normalized spacial score (nSPS) is 15.9. The lowest BCUT2D eigenvalue weighted by Crippen LogP contribution is -2.34. The molecule has 0 aliphatic carbocycles. The van der Waals surface area contributed by atoms with Crippen molar-refractivity contribution < 1.29 is 9.53 Å². The van der Waals surface area contributed by atoms with E-state index >= 15 is 0 Å². The molecule has 0 unspecified atom stereocenters. The van der Waals surface area contributed by atoms with Crippen LogP contribution in [0.2, 0.25) is 5.02 Å². The lowest BCUT2D eigenvalue weighted by molar-refractivity contribution is 0.0497. The number of anilines is 1. The zero-order valence-corrected chi connectivity index (χ0v) is 12.6. The Balaban J connectivity index is 2.00. The number of amides is 1. The number of carbonyl (C=O) groups is 1. The molecule has 110 valence electrons. The minimum Gasteiger partial charge on any atom is -0.381 e. The third kappa shape index (κ3) is 3.61. The van der Waals surface area contributed by atoms with E-state index in [4.69, 9.17) is 16.3 Å². The summed E-state index contributed by atoms with van der Waals surface area (Å²) in [7, 11) is 3.56. The summed E-state index contributed by atoms with van der Waals surface area (Å²) in [4.78, 5) is 18.2. The van der Waals surface area contributed by atoms with Crippen molar-refractivity contribution in [2.75, 3.05) is 39.2 Å². The van der Waals surface area contributed by atoms with Gasteiger partial charge in [0.05, 0.1) is 10.6 Å². The van der Waals surface area contributed by atoms with Crippen LogP contribution in [0, 0.1) is 5.92 Å². The number of halogens is 1. The van der Waals surface area contributed by atoms with E-state index < -0.39 is 0 Å². The second kappa shape index (κ2) is 6.90. The Hall–Kier alpha value is -1.33. The Morgan fingerprint density at radius 1 is 1.55 bits per heavy atom. The fourth-order valence-electron chi connectivity index (χ4n) is 2.36. The van der Waals surface area contributed by atoms with Crippen molar-refractivity contribution in [3.05, 3.63) is 22.8 Å². The molecule has 2 heterocycles. The molecular weight excluding hydrogens is 278 g/mol. The van der Waals surface area contributed by atoms with Gasteiger partial charge in [-0.1, -0.05) is 11.6 Å². The summed E-state index contributed by atoms with van der Waals surface area (Å²) in [5.41, 5.74) is 0.517. The maximum absolute atomic E-state index is 12.3. The summed E-state index contributed by atoms with van der Waals surface area (Å²) in [5.74, 6) is 1.04. The summed E-state index contributed by atoms with van der Waals surface area (Å²) >= 11 is 6.06. The molecule has 0 saturated carbocycles. The topological polar surface area (TPSA) is 54.5 Å². The largest absolute Gasteiger partial charge is 0.381 e. The molecule has 1 aromatic heterocycles. The van der Waals surface area contributed by atoms with Crippen molar-refractivity contribution in [1.82, 2.24) is 9.88 Å². The molecule has 20 heavy (non-hydrogen) atoms. The highest BCUT2D eigenvalue weighted by molar-refractivity contribution is 6.33. The van der Waals surface area contributed by atoms with E-state index in [0.29, 0.717) is 22.3 Å². The van der Waals surface area contributed by atoms with Gasteiger partial charge in [0.15, 0.2) is 0 Å². The van der Waals surface area contributed by atoms with E-state index in [2.05, 4.69) is 10.3 Å². The Morgan fingerprint density at radius 2 is 2.25 bits per heavy atom. The van der Waals surface area contributed by atoms with Gasteiger partial charge in [-0.2, -0.15) is 0 Å². The smallest absolute Gasteiger partial charge is 0.255 e. The monoisotopic (exact) mass is 297 g/mol. The molecule has 0 spiro atoms. The van der Waals surface area contributed by atoms with Crippen LogP contribution in [0.1, 0.15) is 23.2 Å². The van der Waals surface area contributed by atoms with Gasteiger partial charge in [0, 0.05) is 40.1 Å². The highest BCUT2D eigenvalue weighted by Gasteiger charge is 2.20. The average molecular weight is 298 g/mol. The van der Waals surface area contributed by atoms with Crippen LogP contribution < -0.4 is 5.32 Å². The van der Waals surface area contributed by atoms with Gasteiger partial charge in [-0.05, 0) is 24.8 Å². The van der Waals surface area contributed by atoms with Gasteiger partial charge in [-0.25, -0.2) is 4.98 Å². The molecule has 5 nitrogen and oxygen atoms in total. The van der Waals surface area contributed by atoms with Gasteiger partial charge in [-0.3, -0.25) is 4.79 Å². The first kappa shape index (κ1) is 15.1. The summed E-state index contributed by atoms with van der Waals surface area (Å²) in [5, 5.41) is 3.33. The molecule has 1 amide bonds. The zero-order chi connectivity index (χ0) is 14.5. The second-order valence-electron chi connectivity index (χ2n) is 5.05. The van der Waals surface area contributed by atoms with Crippen molar-refractivity contribution in [2.24, 2.45) is 5.92 Å². The van der Waals surface area contributed by atoms with Crippen LogP contribution in [-0.4, -0.2) is 49.6 Å². The molecule has 0 bridgehead atoms. The van der Waals surface area contributed by atoms with Crippen molar-refractivity contribution in [1.29, 1.82) is 0 Å². The Morgan fingerprint density at radius 3 is 2.85 bits per heavy atom. The van der Waals surface area contributed by atoms with E-state index in [-0.39, 0.29) is 5.91 Å². The van der Waals surface area contributed by atoms with E-state index in [1.54, 1.807) is 24.2 Å². The molecule has 0 atom stereocenters. The first-order valence-electron chi connectivity index (χ1n) is 6.78. The number of pyridine rings is 1. The van der Waals surface area contributed by atoms with Crippen LogP contribution in [0.25, 0.3) is 0 Å². The Bertz CT molecular complexity index is 475. The maximum Gasteiger partial charge on any atom is 0.255 e. The number of carbonyl (C=O) groups excluding carboxylic acids is 1.